The fraction of sp³-hybridized carbons (Fsp3) is 0.412. The molecule has 9 heteroatoms. The van der Waals surface area contributed by atoms with Crippen LogP contribution in [-0.2, 0) is 0 Å². The normalized spacial score (nSPS) is 14.8. The van der Waals surface area contributed by atoms with Crippen LogP contribution in [-0.4, -0.2) is 63.1 Å². The molecule has 0 bridgehead atoms. The van der Waals surface area contributed by atoms with Crippen LogP contribution in [0.5, 0.6) is 0 Å². The number of aryl methyl sites for hydroxylation is 1. The maximum atomic E-state index is 12.8. The molecule has 0 aliphatic carbocycles. The second kappa shape index (κ2) is 6.91. The lowest BCUT2D eigenvalue weighted by molar-refractivity contribution is 0.0750. The largest absolute Gasteiger partial charge is 0.362 e. The zero-order valence-electron chi connectivity index (χ0n) is 14.8. The van der Waals surface area contributed by atoms with Gasteiger partial charge in [0.2, 0.25) is 0 Å². The summed E-state index contributed by atoms with van der Waals surface area (Å²) in [5, 5.41) is 8.58. The highest BCUT2D eigenvalue weighted by Crippen LogP contribution is 2.25. The van der Waals surface area contributed by atoms with E-state index in [0.717, 1.165) is 46.8 Å². The monoisotopic (exact) mass is 371 g/mol. The highest BCUT2D eigenvalue weighted by molar-refractivity contribution is 7.17. The number of aromatic nitrogens is 4. The molecular formula is C17H21N7OS. The molecule has 1 fully saturated rings. The van der Waals surface area contributed by atoms with Gasteiger partial charge >= 0.3 is 0 Å². The van der Waals surface area contributed by atoms with Gasteiger partial charge in [0.15, 0.2) is 10.8 Å². The number of hydrogen-bond donors (Lipinski definition) is 1. The van der Waals surface area contributed by atoms with Crippen molar-refractivity contribution in [1.82, 2.24) is 24.5 Å². The van der Waals surface area contributed by atoms with E-state index in [1.54, 1.807) is 10.7 Å². The Balaban J connectivity index is 1.43. The molecule has 0 aromatic carbocycles. The van der Waals surface area contributed by atoms with Gasteiger partial charge in [-0.05, 0) is 26.0 Å². The average Bonchev–Trinajstić information content (AvgIpc) is 3.27. The maximum absolute atomic E-state index is 12.8. The minimum atomic E-state index is 0.0711. The Bertz CT molecular complexity index is 926. The smallest absolute Gasteiger partial charge is 0.266 e. The first-order valence-corrected chi connectivity index (χ1v) is 9.53. The predicted molar refractivity (Wildman–Crippen MR) is 102 cm³/mol. The number of thiazole rings is 1. The van der Waals surface area contributed by atoms with Crippen LogP contribution in [0.3, 0.4) is 0 Å². The molecule has 4 rings (SSSR count). The molecular weight excluding hydrogens is 350 g/mol. The number of imidazole rings is 1. The number of piperazine rings is 1. The molecule has 1 aliphatic heterocycles. The van der Waals surface area contributed by atoms with Crippen molar-refractivity contribution in [3.63, 3.8) is 0 Å². The van der Waals surface area contributed by atoms with E-state index in [9.17, 15) is 4.79 Å². The summed E-state index contributed by atoms with van der Waals surface area (Å²) in [6.07, 6.45) is 3.58. The van der Waals surface area contributed by atoms with Crippen LogP contribution >= 0.6 is 11.3 Å². The summed E-state index contributed by atoms with van der Waals surface area (Å²) in [7, 11) is 0. The standard InChI is InChI=1S/C17H21N7OS/c1-3-18-17-20-12(2)15(26-17)16(25)23-10-8-22(9-11-23)14-5-4-13-19-6-7-24(13)21-14/h4-7H,3,8-11H2,1-2H3,(H,18,20). The van der Waals surface area contributed by atoms with E-state index >= 15 is 0 Å². The molecule has 1 aliphatic rings. The Morgan fingerprint density at radius 3 is 2.85 bits per heavy atom. The van der Waals surface area contributed by atoms with Gasteiger partial charge in [0.25, 0.3) is 5.91 Å². The quantitative estimate of drug-likeness (QED) is 0.755. The van der Waals surface area contributed by atoms with Crippen molar-refractivity contribution in [2.75, 3.05) is 42.9 Å². The molecule has 0 radical (unpaired) electrons. The van der Waals surface area contributed by atoms with Gasteiger partial charge in [-0.3, -0.25) is 4.79 Å². The van der Waals surface area contributed by atoms with Crippen molar-refractivity contribution >= 4 is 33.8 Å². The minimum absolute atomic E-state index is 0.0711. The van der Waals surface area contributed by atoms with Gasteiger partial charge in [-0.1, -0.05) is 11.3 Å². The van der Waals surface area contributed by atoms with E-state index in [4.69, 9.17) is 0 Å². The predicted octanol–water partition coefficient (Wildman–Crippen LogP) is 1.89. The number of amides is 1. The lowest BCUT2D eigenvalue weighted by Crippen LogP contribution is -2.49. The van der Waals surface area contributed by atoms with Crippen molar-refractivity contribution in [2.45, 2.75) is 13.8 Å². The number of fused-ring (bicyclic) bond motifs is 1. The number of hydrogen-bond acceptors (Lipinski definition) is 7. The summed E-state index contributed by atoms with van der Waals surface area (Å²) < 4.78 is 1.77. The maximum Gasteiger partial charge on any atom is 0.266 e. The molecule has 0 spiro atoms. The zero-order valence-corrected chi connectivity index (χ0v) is 15.7. The van der Waals surface area contributed by atoms with Gasteiger partial charge < -0.3 is 15.1 Å². The van der Waals surface area contributed by atoms with E-state index in [1.165, 1.54) is 11.3 Å². The Kier molecular flexibility index (Phi) is 4.46. The Morgan fingerprint density at radius 1 is 1.27 bits per heavy atom. The van der Waals surface area contributed by atoms with Crippen molar-refractivity contribution in [3.05, 3.63) is 35.1 Å². The number of carbonyl (C=O) groups is 1. The summed E-state index contributed by atoms with van der Waals surface area (Å²) in [5.74, 6) is 0.979. The van der Waals surface area contributed by atoms with E-state index < -0.39 is 0 Å². The van der Waals surface area contributed by atoms with Gasteiger partial charge in [0.05, 0.1) is 5.69 Å². The Labute approximate surface area is 155 Å². The number of nitrogens with one attached hydrogen (secondary N) is 1. The topological polar surface area (TPSA) is 78.7 Å². The lowest BCUT2D eigenvalue weighted by Gasteiger charge is -2.35. The van der Waals surface area contributed by atoms with Crippen molar-refractivity contribution in [1.29, 1.82) is 0 Å². The van der Waals surface area contributed by atoms with Crippen molar-refractivity contribution in [3.8, 4) is 0 Å². The van der Waals surface area contributed by atoms with Crippen LogP contribution in [0.1, 0.15) is 22.3 Å². The summed E-state index contributed by atoms with van der Waals surface area (Å²) >= 11 is 1.44. The fourth-order valence-corrected chi connectivity index (χ4v) is 4.08. The van der Waals surface area contributed by atoms with E-state index in [2.05, 4.69) is 25.3 Å². The first-order valence-electron chi connectivity index (χ1n) is 8.71. The van der Waals surface area contributed by atoms with Gasteiger partial charge in [-0.2, -0.15) is 0 Å². The molecule has 26 heavy (non-hydrogen) atoms. The van der Waals surface area contributed by atoms with Crippen LogP contribution in [0.4, 0.5) is 10.9 Å². The highest BCUT2D eigenvalue weighted by Gasteiger charge is 2.26. The van der Waals surface area contributed by atoms with Crippen LogP contribution < -0.4 is 10.2 Å². The Morgan fingerprint density at radius 2 is 2.08 bits per heavy atom. The molecule has 8 nitrogen and oxygen atoms in total. The van der Waals surface area contributed by atoms with Crippen LogP contribution in [0.25, 0.3) is 5.65 Å². The van der Waals surface area contributed by atoms with E-state index in [0.29, 0.717) is 13.1 Å². The third-order valence-corrected chi connectivity index (χ3v) is 5.55. The molecule has 1 amide bonds. The second-order valence-corrected chi connectivity index (χ2v) is 7.16. The number of rotatable bonds is 4. The first-order chi connectivity index (χ1) is 12.7. The third kappa shape index (κ3) is 3.10. The molecule has 0 unspecified atom stereocenters. The summed E-state index contributed by atoms with van der Waals surface area (Å²) in [6.45, 7) is 7.59. The summed E-state index contributed by atoms with van der Waals surface area (Å²) in [6, 6.07) is 3.94. The molecule has 1 saturated heterocycles. The summed E-state index contributed by atoms with van der Waals surface area (Å²) in [4.78, 5) is 26.3. The average molecular weight is 371 g/mol. The first kappa shape index (κ1) is 16.8. The molecule has 3 aromatic heterocycles. The van der Waals surface area contributed by atoms with Gasteiger partial charge in [0, 0.05) is 45.1 Å². The van der Waals surface area contributed by atoms with Gasteiger partial charge in [0.1, 0.15) is 10.7 Å². The molecule has 3 aromatic rings. The van der Waals surface area contributed by atoms with Crippen molar-refractivity contribution < 1.29 is 4.79 Å². The SMILES string of the molecule is CCNc1nc(C)c(C(=O)N2CCN(c3ccc4nccn4n3)CC2)s1. The molecule has 4 heterocycles. The van der Waals surface area contributed by atoms with E-state index in [1.807, 2.05) is 37.1 Å². The summed E-state index contributed by atoms with van der Waals surface area (Å²) in [5.41, 5.74) is 1.63. The third-order valence-electron chi connectivity index (χ3n) is 4.45. The number of anilines is 2. The van der Waals surface area contributed by atoms with Gasteiger partial charge in [-0.25, -0.2) is 14.5 Å². The number of carbonyl (C=O) groups excluding carboxylic acids is 1. The zero-order chi connectivity index (χ0) is 18.1. The molecule has 136 valence electrons. The van der Waals surface area contributed by atoms with Crippen LogP contribution in [0.2, 0.25) is 0 Å². The minimum Gasteiger partial charge on any atom is -0.362 e. The number of nitrogens with zero attached hydrogens (tertiary/aromatic N) is 6. The van der Waals surface area contributed by atoms with Crippen LogP contribution in [0, 0.1) is 6.92 Å². The fourth-order valence-electron chi connectivity index (χ4n) is 3.08. The van der Waals surface area contributed by atoms with Crippen molar-refractivity contribution in [2.24, 2.45) is 0 Å². The second-order valence-electron chi connectivity index (χ2n) is 6.16. The molecule has 0 saturated carbocycles. The molecule has 0 atom stereocenters. The van der Waals surface area contributed by atoms with Gasteiger partial charge in [-0.15, -0.1) is 5.10 Å². The Hall–Kier alpha value is -2.68. The molecule has 1 N–H and O–H groups in total. The highest BCUT2D eigenvalue weighted by atomic mass is 32.1. The van der Waals surface area contributed by atoms with E-state index in [-0.39, 0.29) is 5.91 Å². The van der Waals surface area contributed by atoms with Crippen LogP contribution in [0.15, 0.2) is 24.5 Å². The lowest BCUT2D eigenvalue weighted by atomic mass is 10.2.